The zero-order valence-corrected chi connectivity index (χ0v) is 19.9. The monoisotopic (exact) mass is 498 g/mol. The van der Waals surface area contributed by atoms with Gasteiger partial charge in [0.05, 0.1) is 19.1 Å². The summed E-state index contributed by atoms with van der Waals surface area (Å²) in [6.45, 7) is 0.157. The molecule has 0 fully saturated rings. The Morgan fingerprint density at radius 3 is 2.12 bits per heavy atom. The van der Waals surface area contributed by atoms with E-state index in [0.717, 1.165) is 29.9 Å². The molecule has 2 rings (SSSR count). The highest BCUT2D eigenvalue weighted by Gasteiger charge is 2.29. The van der Waals surface area contributed by atoms with Crippen molar-refractivity contribution in [2.75, 3.05) is 33.5 Å². The maximum atomic E-state index is 12.7. The van der Waals surface area contributed by atoms with Crippen LogP contribution in [0.1, 0.15) is 42.9 Å². The van der Waals surface area contributed by atoms with Gasteiger partial charge in [0, 0.05) is 18.2 Å². The molecule has 33 heavy (non-hydrogen) atoms. The summed E-state index contributed by atoms with van der Waals surface area (Å²) in [5, 5.41) is -0.0259. The van der Waals surface area contributed by atoms with Gasteiger partial charge in [0.2, 0.25) is 10.0 Å². The van der Waals surface area contributed by atoms with Crippen LogP contribution in [-0.4, -0.2) is 64.2 Å². The van der Waals surface area contributed by atoms with Crippen LogP contribution in [0.5, 0.6) is 0 Å². The number of ketones is 1. The molecule has 0 aliphatic rings. The smallest absolute Gasteiger partial charge is 0.348 e. The Hall–Kier alpha value is -3.29. The number of methoxy groups -OCH3 is 2. The second-order valence-electron chi connectivity index (χ2n) is 6.63. The maximum Gasteiger partial charge on any atom is 0.348 e. The van der Waals surface area contributed by atoms with E-state index in [4.69, 9.17) is 10.5 Å². The number of benzene rings is 1. The van der Waals surface area contributed by atoms with Crippen molar-refractivity contribution in [2.45, 2.75) is 18.4 Å². The fourth-order valence-corrected chi connectivity index (χ4v) is 4.81. The quantitative estimate of drug-likeness (QED) is 0.305. The number of rotatable bonds is 9. The summed E-state index contributed by atoms with van der Waals surface area (Å²) in [5.74, 6) is -2.79. The number of thiophene rings is 1. The molecule has 2 aromatic rings. The van der Waals surface area contributed by atoms with Gasteiger partial charge in [-0.15, -0.1) is 11.3 Å². The third-order valence-corrected chi connectivity index (χ3v) is 7.35. The SMILES string of the molecule is COC(=O)c1sc(N)c(C(=O)OC)c1COC(=O)CN(C)S(=O)(=O)c1ccc(C(C)=O)cc1. The molecule has 0 radical (unpaired) electrons. The summed E-state index contributed by atoms with van der Waals surface area (Å²) in [7, 11) is -0.619. The number of nitrogen functional groups attached to an aromatic ring is 1. The van der Waals surface area contributed by atoms with Crippen molar-refractivity contribution in [3.8, 4) is 0 Å². The number of hydrogen-bond donors (Lipinski definition) is 1. The summed E-state index contributed by atoms with van der Waals surface area (Å²) in [5.41, 5.74) is 6.01. The lowest BCUT2D eigenvalue weighted by molar-refractivity contribution is -0.144. The first-order valence-electron chi connectivity index (χ1n) is 9.24. The van der Waals surface area contributed by atoms with Crippen molar-refractivity contribution in [1.29, 1.82) is 0 Å². The van der Waals surface area contributed by atoms with E-state index in [1.54, 1.807) is 0 Å². The van der Waals surface area contributed by atoms with Gasteiger partial charge in [-0.2, -0.15) is 4.31 Å². The number of likely N-dealkylation sites (N-methyl/N-ethyl adjacent to an activating group) is 1. The first-order chi connectivity index (χ1) is 15.4. The Balaban J connectivity index is 2.17. The summed E-state index contributed by atoms with van der Waals surface area (Å²) in [6.07, 6.45) is 0. The largest absolute Gasteiger partial charge is 0.465 e. The van der Waals surface area contributed by atoms with E-state index < -0.39 is 41.1 Å². The molecule has 13 heteroatoms. The van der Waals surface area contributed by atoms with Crippen LogP contribution in [0.15, 0.2) is 29.2 Å². The lowest BCUT2D eigenvalue weighted by Crippen LogP contribution is -2.33. The third-order valence-electron chi connectivity index (χ3n) is 4.49. The van der Waals surface area contributed by atoms with Crippen LogP contribution in [0.4, 0.5) is 5.00 Å². The van der Waals surface area contributed by atoms with E-state index in [0.29, 0.717) is 5.56 Å². The molecule has 0 saturated carbocycles. The Morgan fingerprint density at radius 2 is 1.61 bits per heavy atom. The number of nitrogens with two attached hydrogens (primary N) is 1. The molecule has 0 aliphatic carbocycles. The van der Waals surface area contributed by atoms with Crippen LogP contribution in [0.3, 0.4) is 0 Å². The van der Waals surface area contributed by atoms with E-state index in [1.165, 1.54) is 38.2 Å². The van der Waals surface area contributed by atoms with Gasteiger partial charge in [0.25, 0.3) is 0 Å². The molecule has 0 spiro atoms. The van der Waals surface area contributed by atoms with Gasteiger partial charge in [-0.1, -0.05) is 12.1 Å². The van der Waals surface area contributed by atoms with Crippen LogP contribution in [-0.2, 0) is 35.6 Å². The summed E-state index contributed by atoms with van der Waals surface area (Å²) < 4.78 is 40.6. The van der Waals surface area contributed by atoms with E-state index in [-0.39, 0.29) is 31.7 Å². The number of ether oxygens (including phenoxy) is 3. The average molecular weight is 499 g/mol. The van der Waals surface area contributed by atoms with Crippen molar-refractivity contribution >= 4 is 50.1 Å². The number of anilines is 1. The minimum Gasteiger partial charge on any atom is -0.465 e. The second-order valence-corrected chi connectivity index (χ2v) is 9.73. The zero-order chi connectivity index (χ0) is 24.9. The van der Waals surface area contributed by atoms with Crippen molar-refractivity contribution in [2.24, 2.45) is 0 Å². The average Bonchev–Trinajstić information content (AvgIpc) is 3.12. The van der Waals surface area contributed by atoms with E-state index >= 15 is 0 Å². The lowest BCUT2D eigenvalue weighted by atomic mass is 10.1. The molecule has 178 valence electrons. The van der Waals surface area contributed by atoms with Crippen LogP contribution in [0, 0.1) is 0 Å². The molecule has 0 amide bonds. The predicted octanol–water partition coefficient (Wildman–Crippen LogP) is 1.47. The Morgan fingerprint density at radius 1 is 1.03 bits per heavy atom. The number of carbonyl (C=O) groups is 4. The van der Waals surface area contributed by atoms with Gasteiger partial charge < -0.3 is 19.9 Å². The predicted molar refractivity (Wildman–Crippen MR) is 117 cm³/mol. The zero-order valence-electron chi connectivity index (χ0n) is 18.2. The molecule has 1 aromatic carbocycles. The van der Waals surface area contributed by atoms with Gasteiger partial charge >= 0.3 is 17.9 Å². The summed E-state index contributed by atoms with van der Waals surface area (Å²) in [4.78, 5) is 47.6. The highest BCUT2D eigenvalue weighted by Crippen LogP contribution is 2.33. The number of esters is 3. The minimum absolute atomic E-state index is 0.00474. The third kappa shape index (κ3) is 5.74. The van der Waals surface area contributed by atoms with Gasteiger partial charge in [0.15, 0.2) is 5.78 Å². The van der Waals surface area contributed by atoms with Crippen molar-refractivity contribution in [3.05, 3.63) is 45.8 Å². The number of carbonyl (C=O) groups excluding carboxylic acids is 4. The number of Topliss-reactive ketones (excluding diaryl/α,β-unsaturated/α-hetero) is 1. The first-order valence-corrected chi connectivity index (χ1v) is 11.5. The number of hydrogen-bond acceptors (Lipinski definition) is 11. The first kappa shape index (κ1) is 26.0. The highest BCUT2D eigenvalue weighted by molar-refractivity contribution is 7.89. The fraction of sp³-hybridized carbons (Fsp3) is 0.300. The van der Waals surface area contributed by atoms with Crippen LogP contribution in [0.2, 0.25) is 0 Å². The van der Waals surface area contributed by atoms with Crippen LogP contribution >= 0.6 is 11.3 Å². The van der Waals surface area contributed by atoms with E-state index in [1.807, 2.05) is 0 Å². The normalized spacial score (nSPS) is 11.2. The molecule has 0 unspecified atom stereocenters. The molecule has 0 saturated heterocycles. The Labute approximate surface area is 194 Å². The van der Waals surface area contributed by atoms with E-state index in [9.17, 15) is 27.6 Å². The number of sulfonamides is 1. The van der Waals surface area contributed by atoms with Crippen LogP contribution in [0.25, 0.3) is 0 Å². The standard InChI is InChI=1S/C20H22N2O9S2/c1-11(23)12-5-7-13(8-6-12)33(27,28)22(2)9-15(24)31-10-14-16(19(25)29-3)18(21)32-17(14)20(26)30-4/h5-8H,9-10,21H2,1-4H3. The van der Waals surface area contributed by atoms with Gasteiger partial charge in [-0.3, -0.25) is 9.59 Å². The molecule has 11 nitrogen and oxygen atoms in total. The molecule has 2 N–H and O–H groups in total. The van der Waals surface area contributed by atoms with Crippen molar-refractivity contribution < 1.29 is 41.8 Å². The molecule has 1 aromatic heterocycles. The lowest BCUT2D eigenvalue weighted by Gasteiger charge is -2.17. The van der Waals surface area contributed by atoms with Gasteiger partial charge in [-0.05, 0) is 19.1 Å². The summed E-state index contributed by atoms with van der Waals surface area (Å²) in [6, 6.07) is 5.25. The second kappa shape index (κ2) is 10.6. The fourth-order valence-electron chi connectivity index (χ4n) is 2.71. The number of nitrogens with zero attached hydrogens (tertiary/aromatic N) is 1. The van der Waals surface area contributed by atoms with Crippen molar-refractivity contribution in [1.82, 2.24) is 4.31 Å². The van der Waals surface area contributed by atoms with E-state index in [2.05, 4.69) is 9.47 Å². The molecule has 1 heterocycles. The topological polar surface area (TPSA) is 159 Å². The molecule has 0 aliphatic heterocycles. The molecular formula is C20H22N2O9S2. The Kier molecular flexibility index (Phi) is 8.30. The minimum atomic E-state index is -4.05. The molecule has 0 atom stereocenters. The van der Waals surface area contributed by atoms with Gasteiger partial charge in [0.1, 0.15) is 28.6 Å². The highest BCUT2D eigenvalue weighted by atomic mass is 32.2. The summed E-state index contributed by atoms with van der Waals surface area (Å²) >= 11 is 0.768. The molecule has 0 bridgehead atoms. The maximum absolute atomic E-state index is 12.7. The van der Waals surface area contributed by atoms with Crippen molar-refractivity contribution in [3.63, 3.8) is 0 Å². The molecular weight excluding hydrogens is 476 g/mol. The van der Waals surface area contributed by atoms with Crippen LogP contribution < -0.4 is 5.73 Å². The Bertz CT molecular complexity index is 1180. The van der Waals surface area contributed by atoms with Gasteiger partial charge in [-0.25, -0.2) is 18.0 Å².